The lowest BCUT2D eigenvalue weighted by Crippen LogP contribution is -2.73. The van der Waals surface area contributed by atoms with Crippen molar-refractivity contribution >= 4 is 17.8 Å². The molecule has 3 aliphatic rings. The number of ether oxygens (including phenoxy) is 1. The smallest absolute Gasteiger partial charge is 0.335 e. The van der Waals surface area contributed by atoms with Crippen LogP contribution in [-0.2, 0) is 16.1 Å². The Morgan fingerprint density at radius 2 is 1.56 bits per heavy atom. The Labute approximate surface area is 241 Å². The number of carbonyl (C=O) groups is 3. The normalized spacial score (nSPS) is 22.4. The quantitative estimate of drug-likeness (QED) is 0.415. The predicted molar refractivity (Wildman–Crippen MR) is 154 cm³/mol. The van der Waals surface area contributed by atoms with Gasteiger partial charge in [0, 0.05) is 32.6 Å². The molecule has 9 nitrogen and oxygen atoms in total. The molecule has 5 rings (SSSR count). The van der Waals surface area contributed by atoms with Crippen LogP contribution in [0.25, 0.3) is 0 Å². The van der Waals surface area contributed by atoms with Gasteiger partial charge in [0.1, 0.15) is 23.1 Å². The van der Waals surface area contributed by atoms with E-state index >= 15 is 0 Å². The molecule has 1 spiro atoms. The number of carboxylic acid groups (broad SMARTS) is 1. The van der Waals surface area contributed by atoms with Gasteiger partial charge in [-0.1, -0.05) is 38.3 Å². The Morgan fingerprint density at radius 3 is 2.15 bits per heavy atom. The lowest BCUT2D eigenvalue weighted by atomic mass is 9.77. The molecular formula is C32H41N3O6. The van der Waals surface area contributed by atoms with Crippen molar-refractivity contribution in [2.45, 2.75) is 88.4 Å². The molecule has 0 bridgehead atoms. The topological polar surface area (TPSA) is 119 Å². The van der Waals surface area contributed by atoms with Crippen LogP contribution in [-0.4, -0.2) is 74.6 Å². The molecule has 2 heterocycles. The van der Waals surface area contributed by atoms with E-state index in [2.05, 4.69) is 10.2 Å². The van der Waals surface area contributed by atoms with Gasteiger partial charge in [0.2, 0.25) is 11.8 Å². The average molecular weight is 564 g/mol. The summed E-state index contributed by atoms with van der Waals surface area (Å²) in [6.45, 7) is 4.70. The Kier molecular flexibility index (Phi) is 8.66. The molecule has 2 amide bonds. The number of hydrogen-bond acceptors (Lipinski definition) is 6. The van der Waals surface area contributed by atoms with E-state index in [0.29, 0.717) is 63.2 Å². The number of carbonyl (C=O) groups excluding carboxylic acids is 2. The standard InChI is InChI=1S/C32H41N3O6/c1-2-18-35-28(36)27(21-31(40)14-4-3-5-15-31)33-30(39)32(35)16-19-34(20-17-32)22-23-6-10-25(11-7-23)41-26-12-8-24(9-13-26)29(37)38/h6-13,27,40H,2-5,14-22H2,1H3,(H,33,39)(H,37,38)/t27-/m1/s1. The van der Waals surface area contributed by atoms with Crippen LogP contribution >= 0.6 is 0 Å². The summed E-state index contributed by atoms with van der Waals surface area (Å²) < 4.78 is 5.85. The van der Waals surface area contributed by atoms with Gasteiger partial charge < -0.3 is 25.2 Å². The van der Waals surface area contributed by atoms with E-state index in [-0.39, 0.29) is 17.4 Å². The number of benzene rings is 2. The van der Waals surface area contributed by atoms with Crippen LogP contribution in [0.2, 0.25) is 0 Å². The Balaban J connectivity index is 1.18. The molecule has 41 heavy (non-hydrogen) atoms. The fraction of sp³-hybridized carbons (Fsp3) is 0.531. The van der Waals surface area contributed by atoms with Gasteiger partial charge in [-0.05, 0) is 74.1 Å². The number of likely N-dealkylation sites (tertiary alicyclic amines) is 1. The second-order valence-electron chi connectivity index (χ2n) is 11.9. The number of rotatable bonds is 9. The van der Waals surface area contributed by atoms with Gasteiger partial charge in [-0.3, -0.25) is 14.5 Å². The van der Waals surface area contributed by atoms with E-state index in [1.807, 2.05) is 36.1 Å². The minimum absolute atomic E-state index is 0.0490. The minimum atomic E-state index is -0.975. The number of carboxylic acids is 1. The molecule has 2 aliphatic heterocycles. The van der Waals surface area contributed by atoms with Crippen LogP contribution in [0.3, 0.4) is 0 Å². The van der Waals surface area contributed by atoms with Gasteiger partial charge in [-0.2, -0.15) is 0 Å². The Hall–Kier alpha value is -3.43. The van der Waals surface area contributed by atoms with Gasteiger partial charge in [-0.25, -0.2) is 4.79 Å². The van der Waals surface area contributed by atoms with E-state index in [1.54, 1.807) is 12.1 Å². The number of piperazine rings is 1. The number of piperidine rings is 1. The SMILES string of the molecule is CCCN1C(=O)[C@@H](CC2(O)CCCCC2)NC(=O)C12CCN(Cc1ccc(Oc3ccc(C(=O)O)cc3)cc1)CC2. The van der Waals surface area contributed by atoms with E-state index < -0.39 is 23.2 Å². The summed E-state index contributed by atoms with van der Waals surface area (Å²) in [6, 6.07) is 13.4. The third kappa shape index (κ3) is 6.41. The first-order chi connectivity index (χ1) is 19.7. The monoisotopic (exact) mass is 563 g/mol. The molecule has 0 radical (unpaired) electrons. The van der Waals surface area contributed by atoms with Crippen molar-refractivity contribution in [3.8, 4) is 11.5 Å². The van der Waals surface area contributed by atoms with Gasteiger partial charge in [-0.15, -0.1) is 0 Å². The first kappa shape index (κ1) is 29.1. The lowest BCUT2D eigenvalue weighted by molar-refractivity contribution is -0.163. The molecule has 0 aromatic heterocycles. The van der Waals surface area contributed by atoms with Crippen LogP contribution in [0, 0.1) is 0 Å². The fourth-order valence-electron chi connectivity index (χ4n) is 6.66. The van der Waals surface area contributed by atoms with Gasteiger partial charge in [0.15, 0.2) is 0 Å². The summed E-state index contributed by atoms with van der Waals surface area (Å²) in [5.41, 5.74) is -0.376. The fourth-order valence-corrected chi connectivity index (χ4v) is 6.66. The summed E-state index contributed by atoms with van der Waals surface area (Å²) in [7, 11) is 0. The Bertz CT molecular complexity index is 1230. The van der Waals surface area contributed by atoms with E-state index in [1.165, 1.54) is 12.1 Å². The maximum atomic E-state index is 13.7. The third-order valence-corrected chi connectivity index (χ3v) is 8.97. The highest BCUT2D eigenvalue weighted by molar-refractivity contribution is 6.00. The van der Waals surface area contributed by atoms with Crippen molar-refractivity contribution in [1.29, 1.82) is 0 Å². The average Bonchev–Trinajstić information content (AvgIpc) is 2.97. The van der Waals surface area contributed by atoms with Crippen LogP contribution < -0.4 is 10.1 Å². The van der Waals surface area contributed by atoms with E-state index in [9.17, 15) is 19.5 Å². The summed E-state index contributed by atoms with van der Waals surface area (Å²) in [5, 5.41) is 23.2. The molecular weight excluding hydrogens is 522 g/mol. The van der Waals surface area contributed by atoms with Gasteiger partial charge in [0.05, 0.1) is 11.2 Å². The van der Waals surface area contributed by atoms with E-state index in [4.69, 9.17) is 9.84 Å². The molecule has 2 saturated heterocycles. The van der Waals surface area contributed by atoms with Crippen LogP contribution in [0.15, 0.2) is 48.5 Å². The van der Waals surface area contributed by atoms with Crippen LogP contribution in [0.5, 0.6) is 11.5 Å². The van der Waals surface area contributed by atoms with Crippen molar-refractivity contribution in [3.63, 3.8) is 0 Å². The number of hydrogen-bond donors (Lipinski definition) is 3. The molecule has 2 aromatic carbocycles. The highest BCUT2D eigenvalue weighted by Gasteiger charge is 2.54. The van der Waals surface area contributed by atoms with E-state index in [0.717, 1.165) is 37.8 Å². The summed E-state index contributed by atoms with van der Waals surface area (Å²) in [4.78, 5) is 42.5. The third-order valence-electron chi connectivity index (χ3n) is 8.97. The van der Waals surface area contributed by atoms with Crippen molar-refractivity contribution < 1.29 is 29.3 Å². The van der Waals surface area contributed by atoms with Crippen molar-refractivity contribution in [2.75, 3.05) is 19.6 Å². The largest absolute Gasteiger partial charge is 0.478 e. The zero-order chi connectivity index (χ0) is 29.0. The zero-order valence-corrected chi connectivity index (χ0v) is 23.8. The van der Waals surface area contributed by atoms with Gasteiger partial charge >= 0.3 is 5.97 Å². The molecule has 3 fully saturated rings. The molecule has 1 aliphatic carbocycles. The first-order valence-corrected chi connectivity index (χ1v) is 14.9. The maximum absolute atomic E-state index is 13.7. The maximum Gasteiger partial charge on any atom is 0.335 e. The number of amides is 2. The van der Waals surface area contributed by atoms with Crippen LogP contribution in [0.4, 0.5) is 0 Å². The lowest BCUT2D eigenvalue weighted by Gasteiger charge is -2.52. The van der Waals surface area contributed by atoms with Crippen molar-refractivity contribution in [3.05, 3.63) is 59.7 Å². The summed E-state index contributed by atoms with van der Waals surface area (Å²) in [6.07, 6.45) is 6.64. The first-order valence-electron chi connectivity index (χ1n) is 14.9. The van der Waals surface area contributed by atoms with Crippen molar-refractivity contribution in [2.24, 2.45) is 0 Å². The van der Waals surface area contributed by atoms with Crippen LogP contribution in [0.1, 0.15) is 80.6 Å². The number of nitrogens with zero attached hydrogens (tertiary/aromatic N) is 2. The molecule has 1 saturated carbocycles. The van der Waals surface area contributed by atoms with Gasteiger partial charge in [0.25, 0.3) is 0 Å². The minimum Gasteiger partial charge on any atom is -0.478 e. The Morgan fingerprint density at radius 1 is 0.951 bits per heavy atom. The molecule has 0 unspecified atom stereocenters. The number of aromatic carboxylic acids is 1. The van der Waals surface area contributed by atoms with Crippen molar-refractivity contribution in [1.82, 2.24) is 15.1 Å². The molecule has 2 aromatic rings. The number of aliphatic hydroxyl groups is 1. The molecule has 1 atom stereocenters. The number of nitrogens with one attached hydrogen (secondary N) is 1. The molecule has 220 valence electrons. The molecule has 9 heteroatoms. The molecule has 3 N–H and O–H groups in total. The zero-order valence-electron chi connectivity index (χ0n) is 23.8. The highest BCUT2D eigenvalue weighted by atomic mass is 16.5. The second kappa shape index (κ2) is 12.2. The second-order valence-corrected chi connectivity index (χ2v) is 11.9. The summed E-state index contributed by atoms with van der Waals surface area (Å²) in [5.74, 6) is 0.127. The predicted octanol–water partition coefficient (Wildman–Crippen LogP) is 4.33. The summed E-state index contributed by atoms with van der Waals surface area (Å²) >= 11 is 0. The highest BCUT2D eigenvalue weighted by Crippen LogP contribution is 2.37.